The molecule has 1 amide bonds. The zero-order valence-electron chi connectivity index (χ0n) is 52.8. The first kappa shape index (κ1) is 73.4. The van der Waals surface area contributed by atoms with Crippen molar-refractivity contribution in [1.29, 1.82) is 0 Å². The average Bonchev–Trinajstić information content (AvgIpc) is 1.36. The van der Waals surface area contributed by atoms with Crippen LogP contribution in [0.3, 0.4) is 0 Å². The molecule has 9 rings (SSSR count). The summed E-state index contributed by atoms with van der Waals surface area (Å²) in [5, 5.41) is 27.9. The van der Waals surface area contributed by atoms with Gasteiger partial charge in [-0.1, -0.05) is 73.6 Å². The maximum absolute atomic E-state index is 13.5. The Morgan fingerprint density at radius 1 is 0.875 bits per heavy atom. The maximum Gasteiger partial charge on any atom is 0.490 e. The van der Waals surface area contributed by atoms with Gasteiger partial charge in [-0.3, -0.25) is 32.8 Å². The van der Waals surface area contributed by atoms with E-state index < -0.39 is 91.6 Å². The zero-order chi connectivity index (χ0) is 69.9. The summed E-state index contributed by atoms with van der Waals surface area (Å²) in [6.45, 7) is 10.7. The molecule has 31 nitrogen and oxygen atoms in total. The van der Waals surface area contributed by atoms with E-state index in [0.717, 1.165) is 44.6 Å². The Morgan fingerprint density at radius 3 is 2.28 bits per heavy atom. The molecule has 4 aliphatic rings. The largest absolute Gasteiger partial charge is 0.490 e. The number of aromatic nitrogens is 4. The number of aromatic amines is 1. The predicted molar refractivity (Wildman–Crippen MR) is 355 cm³/mol. The number of amides is 1. The highest BCUT2D eigenvalue weighted by molar-refractivity contribution is 7.86. The fourth-order valence-corrected chi connectivity index (χ4v) is 16.4. The number of nitrogens with one attached hydrogen (secondary N) is 3. The molecular formula is C60H77N9O22P3S2+. The van der Waals surface area contributed by atoms with E-state index in [1.807, 2.05) is 78.3 Å². The lowest BCUT2D eigenvalue weighted by Crippen LogP contribution is -2.44. The number of benzene rings is 3. The number of H-pyrrole nitrogens is 1. The van der Waals surface area contributed by atoms with Crippen molar-refractivity contribution in [3.05, 3.63) is 136 Å². The van der Waals surface area contributed by atoms with E-state index in [-0.39, 0.29) is 65.3 Å². The van der Waals surface area contributed by atoms with Crippen molar-refractivity contribution in [2.24, 2.45) is 0 Å². The van der Waals surface area contributed by atoms with Crippen LogP contribution in [0.4, 0.5) is 23.3 Å². The number of hydrogen-bond acceptors (Lipinski definition) is 21. The summed E-state index contributed by atoms with van der Waals surface area (Å²) in [6, 6.07) is 18.2. The van der Waals surface area contributed by atoms with Crippen LogP contribution in [0.5, 0.6) is 5.75 Å². The van der Waals surface area contributed by atoms with Gasteiger partial charge >= 0.3 is 23.5 Å². The van der Waals surface area contributed by atoms with Crippen LogP contribution in [-0.4, -0.2) is 154 Å². The number of nitrogens with zero attached hydrogens (tertiary/aromatic N) is 5. The monoisotopic (exact) mass is 1430 g/mol. The average molecular weight is 1430 g/mol. The third-order valence-electron chi connectivity index (χ3n) is 16.6. The van der Waals surface area contributed by atoms with Crippen LogP contribution in [-0.2, 0) is 62.0 Å². The molecule has 1 saturated heterocycles. The maximum atomic E-state index is 13.5. The third-order valence-corrected chi connectivity index (χ3v) is 22.0. The van der Waals surface area contributed by atoms with Crippen LogP contribution in [0.2, 0.25) is 0 Å². The van der Waals surface area contributed by atoms with Crippen molar-refractivity contribution >= 4 is 107 Å². The van der Waals surface area contributed by atoms with E-state index in [1.165, 1.54) is 18.2 Å². The Morgan fingerprint density at radius 2 is 1.59 bits per heavy atom. The van der Waals surface area contributed by atoms with E-state index >= 15 is 0 Å². The van der Waals surface area contributed by atoms with Gasteiger partial charge in [-0.25, -0.2) is 18.7 Å². The second kappa shape index (κ2) is 29.3. The van der Waals surface area contributed by atoms with Crippen molar-refractivity contribution in [2.75, 3.05) is 54.5 Å². The number of nitrogen functional groups attached to an aromatic ring is 1. The molecule has 0 spiro atoms. The van der Waals surface area contributed by atoms with Crippen LogP contribution in [0.1, 0.15) is 114 Å². The van der Waals surface area contributed by atoms with Gasteiger partial charge in [0.05, 0.1) is 28.2 Å². The first-order valence-corrected chi connectivity index (χ1v) is 38.0. The number of carbonyl (C=O) groups excluding carboxylic acids is 1. The summed E-state index contributed by atoms with van der Waals surface area (Å²) >= 11 is 0. The van der Waals surface area contributed by atoms with Gasteiger partial charge in [-0.05, 0) is 95.7 Å². The van der Waals surface area contributed by atoms with Gasteiger partial charge in [0.2, 0.25) is 23.5 Å². The van der Waals surface area contributed by atoms with Crippen LogP contribution in [0.25, 0.3) is 28.1 Å². The SMILES string of the molecule is CCN1c2cc3c(cc2C(C)=CC1(C)C)C(=CC=CC=CC1=[N+](CCCS(=O)(=O)O)c2ccc(S(=O)(=O)O)cc2C1(C)CCCC(=O)NCCCCCCNc1nc2c(=O)[nH]c(N)nc2n1[C@@H]1O[C@H](COP(=O)(O)OP(=O)(O)OP(=O)(O)O)[C@@H](O)[C@H]1O)C=C(c1ccccc1)O3. The number of ether oxygens (including phenoxy) is 2. The molecular weight excluding hydrogens is 1360 g/mol. The minimum atomic E-state index is -5.88. The van der Waals surface area contributed by atoms with Gasteiger partial charge in [-0.2, -0.15) is 35.0 Å². The molecule has 3 unspecified atom stereocenters. The van der Waals surface area contributed by atoms with E-state index in [4.69, 9.17) is 25.0 Å². The molecule has 6 heterocycles. The van der Waals surface area contributed by atoms with Gasteiger partial charge in [0.15, 0.2) is 23.1 Å². The minimum Gasteiger partial charge on any atom is -0.456 e. The van der Waals surface area contributed by atoms with Crippen molar-refractivity contribution in [3.63, 3.8) is 0 Å². The standard InChI is InChI=1S/C60H76N9O22P3S2/c1-6-68-45-34-47-42(33-41(45)37(2)35-59(68,3)4)39(31-46(88-47)38-19-11-9-12-20-38)21-13-10-14-22-49-60(5,43-32-40(96(84,85)86)24-25-44(43)67(49)29-18-30-95(81,82)83)26-17-23-50(70)62-27-15-7-8-16-28-63-58-64-51-54(65-57(61)66-55(51)73)69(58)56-53(72)52(71)48(89-56)36-87-93(77,78)91-94(79,80)90-92(74,75)76/h9-14,19-22,24-25,31-35,48,52-53,56,71-72H,6-8,15-18,23,26-30,36H2,1-5H3,(H10-,61,62,63,64,65,66,70,73,74,75,76,77,78,79,80,81,82,83,84,85,86)/p+1/t48-,52-,53-,56-,60?/m1/s1. The molecule has 96 heavy (non-hydrogen) atoms. The molecule has 520 valence electrons. The summed E-state index contributed by atoms with van der Waals surface area (Å²) in [5.74, 6) is 0.0949. The Hall–Kier alpha value is -6.84. The number of nitrogens with two attached hydrogens (primary N) is 1. The van der Waals surface area contributed by atoms with Gasteiger partial charge in [-0.15, -0.1) is 0 Å². The summed E-state index contributed by atoms with van der Waals surface area (Å²) in [6.07, 6.45) is 9.46. The summed E-state index contributed by atoms with van der Waals surface area (Å²) < 4.78 is 132. The number of carbonyl (C=O) groups is 1. The fourth-order valence-electron chi connectivity index (χ4n) is 12.4. The third kappa shape index (κ3) is 17.5. The second-order valence-electron chi connectivity index (χ2n) is 24.0. The number of aliphatic hydroxyl groups excluding tert-OH is 2. The number of rotatable bonds is 30. The number of allylic oxidation sites excluding steroid dienone is 8. The lowest BCUT2D eigenvalue weighted by molar-refractivity contribution is -0.437. The van der Waals surface area contributed by atoms with Gasteiger partial charge in [0, 0.05) is 78.6 Å². The van der Waals surface area contributed by atoms with Crippen LogP contribution >= 0.6 is 23.5 Å². The Kier molecular flexibility index (Phi) is 22.4. The van der Waals surface area contributed by atoms with Gasteiger partial charge in [0.25, 0.3) is 25.8 Å². The summed E-state index contributed by atoms with van der Waals surface area (Å²) in [7, 11) is -26.3. The van der Waals surface area contributed by atoms with E-state index in [1.54, 1.807) is 0 Å². The van der Waals surface area contributed by atoms with E-state index in [2.05, 4.69) is 89.5 Å². The molecule has 36 heteroatoms. The van der Waals surface area contributed by atoms with E-state index in [9.17, 15) is 69.2 Å². The number of aliphatic hydroxyl groups is 2. The van der Waals surface area contributed by atoms with Crippen molar-refractivity contribution in [3.8, 4) is 5.75 Å². The number of unbranched alkanes of at least 4 members (excludes halogenated alkanes) is 3. The highest BCUT2D eigenvalue weighted by Crippen LogP contribution is 2.66. The molecule has 4 aliphatic heterocycles. The quantitative estimate of drug-likeness (QED) is 0.00713. The number of hydrogen-bond donors (Lipinski definition) is 12. The molecule has 1 fully saturated rings. The first-order valence-electron chi connectivity index (χ1n) is 30.4. The number of fused-ring (bicyclic) bond motifs is 4. The second-order valence-corrected chi connectivity index (χ2v) is 31.4. The smallest absolute Gasteiger partial charge is 0.456 e. The Bertz CT molecular complexity index is 4450. The molecule has 0 radical (unpaired) electrons. The minimum absolute atomic E-state index is 0.00648. The molecule has 5 aromatic rings. The van der Waals surface area contributed by atoms with Crippen molar-refractivity contribution in [2.45, 2.75) is 126 Å². The lowest BCUT2D eigenvalue weighted by atomic mass is 9.75. The highest BCUT2D eigenvalue weighted by Gasteiger charge is 2.50. The Labute approximate surface area is 552 Å². The summed E-state index contributed by atoms with van der Waals surface area (Å²) in [4.78, 5) is 76.2. The number of phosphoric acid groups is 3. The van der Waals surface area contributed by atoms with Crippen molar-refractivity contribution < 1.29 is 101 Å². The molecule has 2 aromatic heterocycles. The fraction of sp³-hybridized carbons (Fsp3) is 0.417. The van der Waals surface area contributed by atoms with Crippen LogP contribution in [0.15, 0.2) is 113 Å². The van der Waals surface area contributed by atoms with E-state index in [0.29, 0.717) is 73.5 Å². The number of likely N-dealkylation sites (N-methyl/N-ethyl adjacent to an activating group) is 1. The number of anilines is 3. The molecule has 7 atom stereocenters. The molecule has 13 N–H and O–H groups in total. The molecule has 3 aromatic carbocycles. The van der Waals surface area contributed by atoms with Crippen molar-refractivity contribution in [1.82, 2.24) is 24.8 Å². The van der Waals surface area contributed by atoms with Crippen LogP contribution in [0, 0.1) is 0 Å². The highest BCUT2D eigenvalue weighted by atomic mass is 32.2. The Balaban J connectivity index is 0.847. The number of imidazole rings is 1. The molecule has 0 aliphatic carbocycles. The van der Waals surface area contributed by atoms with Gasteiger partial charge in [0.1, 0.15) is 36.4 Å². The topological polar surface area (TPSA) is 464 Å². The lowest BCUT2D eigenvalue weighted by Gasteiger charge is -2.43. The normalized spacial score (nSPS) is 22.0. The molecule has 0 saturated carbocycles. The zero-order valence-corrected chi connectivity index (χ0v) is 57.1. The molecule has 0 bridgehead atoms. The first-order chi connectivity index (χ1) is 45.0. The van der Waals surface area contributed by atoms with Gasteiger partial charge < -0.3 is 60.5 Å². The van der Waals surface area contributed by atoms with Crippen LogP contribution < -0.4 is 31.6 Å². The predicted octanol–water partition coefficient (Wildman–Crippen LogP) is 7.16. The summed E-state index contributed by atoms with van der Waals surface area (Å²) in [5.41, 5.74) is 11.0. The number of phosphoric ester groups is 1.